The zero-order chi connectivity index (χ0) is 17.0. The van der Waals surface area contributed by atoms with Crippen LogP contribution in [0.15, 0.2) is 53.6 Å². The van der Waals surface area contributed by atoms with E-state index in [1.807, 2.05) is 19.1 Å². The van der Waals surface area contributed by atoms with Crippen LogP contribution in [-0.2, 0) is 5.41 Å². The molecule has 0 saturated heterocycles. The first-order valence-corrected chi connectivity index (χ1v) is 7.48. The molecule has 0 atom stereocenters. The van der Waals surface area contributed by atoms with Gasteiger partial charge in [0.05, 0.1) is 5.71 Å². The van der Waals surface area contributed by atoms with Crippen molar-refractivity contribution in [2.24, 2.45) is 5.10 Å². The van der Waals surface area contributed by atoms with Crippen LogP contribution in [0.2, 0.25) is 0 Å². The Kier molecular flexibility index (Phi) is 4.94. The average Bonchev–Trinajstić information content (AvgIpc) is 2.52. The van der Waals surface area contributed by atoms with Crippen molar-refractivity contribution >= 4 is 11.6 Å². The number of rotatable bonds is 3. The molecule has 0 aliphatic heterocycles. The van der Waals surface area contributed by atoms with Gasteiger partial charge < -0.3 is 0 Å². The number of nitrogens with one attached hydrogen (secondary N) is 1. The first kappa shape index (κ1) is 16.9. The first-order valence-electron chi connectivity index (χ1n) is 7.48. The van der Waals surface area contributed by atoms with Crippen LogP contribution < -0.4 is 5.43 Å². The topological polar surface area (TPSA) is 41.5 Å². The first-order chi connectivity index (χ1) is 10.8. The van der Waals surface area contributed by atoms with Crippen LogP contribution in [0.1, 0.15) is 49.2 Å². The van der Waals surface area contributed by atoms with Crippen molar-refractivity contribution in [3.8, 4) is 0 Å². The second-order valence-electron chi connectivity index (χ2n) is 6.47. The molecule has 4 heteroatoms. The number of benzene rings is 2. The van der Waals surface area contributed by atoms with Crippen LogP contribution >= 0.6 is 0 Å². The number of halogens is 1. The molecule has 0 spiro atoms. The molecule has 0 aliphatic carbocycles. The number of nitrogens with zero attached hydrogens (tertiary/aromatic N) is 1. The van der Waals surface area contributed by atoms with Gasteiger partial charge in [0.15, 0.2) is 0 Å². The molecule has 0 heterocycles. The van der Waals surface area contributed by atoms with E-state index in [4.69, 9.17) is 0 Å². The maximum absolute atomic E-state index is 12.8. The summed E-state index contributed by atoms with van der Waals surface area (Å²) in [6, 6.07) is 13.5. The predicted octanol–water partition coefficient (Wildman–Crippen LogP) is 4.28. The fraction of sp³-hybridized carbons (Fsp3) is 0.263. The number of hydrogen-bond donors (Lipinski definition) is 1. The number of hydrazone groups is 1. The van der Waals surface area contributed by atoms with E-state index in [1.54, 1.807) is 0 Å². The van der Waals surface area contributed by atoms with Crippen LogP contribution in [0.3, 0.4) is 0 Å². The highest BCUT2D eigenvalue weighted by Gasteiger charge is 2.13. The Bertz CT molecular complexity index is 711. The highest BCUT2D eigenvalue weighted by Crippen LogP contribution is 2.22. The van der Waals surface area contributed by atoms with Crippen molar-refractivity contribution in [1.29, 1.82) is 0 Å². The molecule has 0 bridgehead atoms. The van der Waals surface area contributed by atoms with Crippen molar-refractivity contribution in [2.45, 2.75) is 33.1 Å². The van der Waals surface area contributed by atoms with Gasteiger partial charge in [0.2, 0.25) is 0 Å². The van der Waals surface area contributed by atoms with Gasteiger partial charge in [-0.1, -0.05) is 45.0 Å². The van der Waals surface area contributed by atoms with E-state index in [9.17, 15) is 9.18 Å². The van der Waals surface area contributed by atoms with E-state index in [2.05, 4.69) is 43.4 Å². The summed E-state index contributed by atoms with van der Waals surface area (Å²) >= 11 is 0. The van der Waals surface area contributed by atoms with Crippen LogP contribution in [0.25, 0.3) is 0 Å². The second-order valence-corrected chi connectivity index (χ2v) is 6.47. The molecule has 23 heavy (non-hydrogen) atoms. The molecule has 1 N–H and O–H groups in total. The van der Waals surface area contributed by atoms with E-state index in [1.165, 1.54) is 29.8 Å². The van der Waals surface area contributed by atoms with Gasteiger partial charge in [0, 0.05) is 5.56 Å². The van der Waals surface area contributed by atoms with Gasteiger partial charge in [-0.2, -0.15) is 5.10 Å². The lowest BCUT2D eigenvalue weighted by Crippen LogP contribution is -2.19. The molecular weight excluding hydrogens is 291 g/mol. The minimum absolute atomic E-state index is 0.0976. The molecule has 120 valence electrons. The molecule has 0 aromatic heterocycles. The average molecular weight is 312 g/mol. The van der Waals surface area contributed by atoms with Crippen molar-refractivity contribution in [3.05, 3.63) is 71.0 Å². The van der Waals surface area contributed by atoms with Crippen molar-refractivity contribution in [1.82, 2.24) is 5.43 Å². The third-order valence-corrected chi connectivity index (χ3v) is 3.60. The Labute approximate surface area is 136 Å². The van der Waals surface area contributed by atoms with Gasteiger partial charge in [0.25, 0.3) is 5.91 Å². The summed E-state index contributed by atoms with van der Waals surface area (Å²) in [5.74, 6) is -0.740. The monoisotopic (exact) mass is 312 g/mol. The van der Waals surface area contributed by atoms with E-state index in [0.29, 0.717) is 11.3 Å². The lowest BCUT2D eigenvalue weighted by molar-refractivity contribution is 0.0955. The number of carbonyl (C=O) groups is 1. The quantitative estimate of drug-likeness (QED) is 0.667. The number of carbonyl (C=O) groups excluding carboxylic acids is 1. The number of amides is 1. The summed E-state index contributed by atoms with van der Waals surface area (Å²) < 4.78 is 12.8. The molecule has 0 saturated carbocycles. The van der Waals surface area contributed by atoms with Crippen LogP contribution in [-0.4, -0.2) is 11.6 Å². The van der Waals surface area contributed by atoms with Gasteiger partial charge in [-0.25, -0.2) is 9.82 Å². The zero-order valence-electron chi connectivity index (χ0n) is 13.9. The molecule has 0 radical (unpaired) electrons. The second kappa shape index (κ2) is 6.73. The van der Waals surface area contributed by atoms with Crippen LogP contribution in [0.4, 0.5) is 4.39 Å². The Balaban J connectivity index is 2.07. The Morgan fingerprint density at radius 2 is 1.48 bits per heavy atom. The lowest BCUT2D eigenvalue weighted by Gasteiger charge is -2.19. The highest BCUT2D eigenvalue weighted by atomic mass is 19.1. The molecule has 0 unspecified atom stereocenters. The lowest BCUT2D eigenvalue weighted by atomic mass is 9.86. The summed E-state index contributed by atoms with van der Waals surface area (Å²) in [5, 5.41) is 4.11. The fourth-order valence-corrected chi connectivity index (χ4v) is 2.08. The van der Waals surface area contributed by atoms with Crippen LogP contribution in [0, 0.1) is 5.82 Å². The summed E-state index contributed by atoms with van der Waals surface area (Å²) in [7, 11) is 0. The zero-order valence-corrected chi connectivity index (χ0v) is 13.9. The van der Waals surface area contributed by atoms with Gasteiger partial charge >= 0.3 is 0 Å². The van der Waals surface area contributed by atoms with Crippen molar-refractivity contribution in [3.63, 3.8) is 0 Å². The van der Waals surface area contributed by atoms with E-state index >= 15 is 0 Å². The van der Waals surface area contributed by atoms with Gasteiger partial charge in [-0.05, 0) is 47.7 Å². The molecular formula is C19H21FN2O. The van der Waals surface area contributed by atoms with Crippen LogP contribution in [0.5, 0.6) is 0 Å². The van der Waals surface area contributed by atoms with Crippen molar-refractivity contribution in [2.75, 3.05) is 0 Å². The standard InChI is InChI=1S/C19H21FN2O/c1-13(14-5-9-16(10-6-14)19(2,3)4)21-22-18(23)15-7-11-17(20)12-8-15/h5-12H,1-4H3,(H,22,23)/b21-13-. The van der Waals surface area contributed by atoms with E-state index in [-0.39, 0.29) is 17.1 Å². The number of hydrogen-bond acceptors (Lipinski definition) is 2. The minimum Gasteiger partial charge on any atom is -0.267 e. The molecule has 2 aromatic carbocycles. The predicted molar refractivity (Wildman–Crippen MR) is 91.2 cm³/mol. The SMILES string of the molecule is C/C(=N/NC(=O)c1ccc(F)cc1)c1ccc(C(C)(C)C)cc1. The molecule has 3 nitrogen and oxygen atoms in total. The maximum Gasteiger partial charge on any atom is 0.271 e. The van der Waals surface area contributed by atoms with Gasteiger partial charge in [0.1, 0.15) is 5.82 Å². The van der Waals surface area contributed by atoms with E-state index in [0.717, 1.165) is 5.56 Å². The molecule has 2 aromatic rings. The van der Waals surface area contributed by atoms with E-state index < -0.39 is 0 Å². The van der Waals surface area contributed by atoms with Crippen molar-refractivity contribution < 1.29 is 9.18 Å². The largest absolute Gasteiger partial charge is 0.271 e. The summed E-state index contributed by atoms with van der Waals surface area (Å²) in [4.78, 5) is 11.9. The Morgan fingerprint density at radius 3 is 2.00 bits per heavy atom. The summed E-state index contributed by atoms with van der Waals surface area (Å²) in [6.45, 7) is 8.31. The minimum atomic E-state index is -0.375. The highest BCUT2D eigenvalue weighted by molar-refractivity contribution is 6.00. The molecule has 2 rings (SSSR count). The third-order valence-electron chi connectivity index (χ3n) is 3.60. The summed E-state index contributed by atoms with van der Waals surface area (Å²) in [6.07, 6.45) is 0. The normalized spacial score (nSPS) is 12.1. The Hall–Kier alpha value is -2.49. The smallest absolute Gasteiger partial charge is 0.267 e. The Morgan fingerprint density at radius 1 is 0.957 bits per heavy atom. The fourth-order valence-electron chi connectivity index (χ4n) is 2.08. The van der Waals surface area contributed by atoms with Gasteiger partial charge in [-0.3, -0.25) is 4.79 Å². The maximum atomic E-state index is 12.8. The van der Waals surface area contributed by atoms with Gasteiger partial charge in [-0.15, -0.1) is 0 Å². The molecule has 1 amide bonds. The third kappa shape index (κ3) is 4.49. The molecule has 0 fully saturated rings. The molecule has 0 aliphatic rings. The summed E-state index contributed by atoms with van der Waals surface area (Å²) in [5.41, 5.74) is 5.84.